The van der Waals surface area contributed by atoms with E-state index in [-0.39, 0.29) is 11.6 Å². The average Bonchev–Trinajstić information content (AvgIpc) is 3.06. The molecule has 0 bridgehead atoms. The van der Waals surface area contributed by atoms with E-state index in [2.05, 4.69) is 10.3 Å². The fourth-order valence-electron chi connectivity index (χ4n) is 2.80. The summed E-state index contributed by atoms with van der Waals surface area (Å²) in [7, 11) is 0. The van der Waals surface area contributed by atoms with Crippen LogP contribution in [0.25, 0.3) is 10.9 Å². The van der Waals surface area contributed by atoms with E-state index < -0.39 is 19.0 Å². The minimum absolute atomic E-state index is 0.103. The van der Waals surface area contributed by atoms with Gasteiger partial charge in [0.15, 0.2) is 6.61 Å². The lowest BCUT2D eigenvalue weighted by atomic mass is 10.1. The first kappa shape index (κ1) is 20.1. The molecule has 0 amide bonds. The quantitative estimate of drug-likeness (QED) is 0.397. The fourth-order valence-corrected chi connectivity index (χ4v) is 2.80. The third-order valence-electron chi connectivity index (χ3n) is 4.28. The Labute approximate surface area is 158 Å². The van der Waals surface area contributed by atoms with E-state index in [1.807, 2.05) is 6.20 Å². The summed E-state index contributed by atoms with van der Waals surface area (Å²) in [6.45, 7) is -0.324. The van der Waals surface area contributed by atoms with E-state index >= 15 is 0 Å². The number of nitrogens with one attached hydrogen (secondary N) is 2. The molecule has 0 saturated heterocycles. The molecule has 0 atom stereocenters. The molecule has 3 aromatic rings. The van der Waals surface area contributed by atoms with Gasteiger partial charge in [-0.1, -0.05) is 12.1 Å². The molecule has 8 heteroatoms. The van der Waals surface area contributed by atoms with Gasteiger partial charge in [0.25, 0.3) is 0 Å². The summed E-state index contributed by atoms with van der Waals surface area (Å²) in [5, 5.41) is 4.04. The van der Waals surface area contributed by atoms with Crippen LogP contribution in [0, 0.1) is 5.82 Å². The van der Waals surface area contributed by atoms with E-state index in [1.165, 1.54) is 24.3 Å². The Morgan fingerprint density at radius 3 is 2.71 bits per heavy atom. The number of aromatic amines is 1. The number of ether oxygens (including phenoxy) is 1. The summed E-state index contributed by atoms with van der Waals surface area (Å²) < 4.78 is 68.4. The lowest BCUT2D eigenvalue weighted by Crippen LogP contribution is -2.33. The lowest BCUT2D eigenvalue weighted by molar-refractivity contribution is -0.148. The third kappa shape index (κ3) is 5.01. The summed E-state index contributed by atoms with van der Waals surface area (Å²) in [6.07, 6.45) is -1.26. The summed E-state index contributed by atoms with van der Waals surface area (Å²) in [6, 6.07) is 10.9. The molecule has 0 aliphatic heterocycles. The Kier molecular flexibility index (Phi) is 6.18. The highest BCUT2D eigenvalue weighted by molar-refractivity contribution is 5.83. The first-order valence-corrected chi connectivity index (χ1v) is 8.69. The van der Waals surface area contributed by atoms with Crippen LogP contribution in [-0.4, -0.2) is 30.5 Å². The van der Waals surface area contributed by atoms with Gasteiger partial charge in [-0.3, -0.25) is 0 Å². The largest absolute Gasteiger partial charge is 0.487 e. The van der Waals surface area contributed by atoms with Crippen molar-refractivity contribution in [3.8, 4) is 5.75 Å². The minimum atomic E-state index is -4.19. The topological polar surface area (TPSA) is 37.0 Å². The molecular weight excluding hydrogens is 379 g/mol. The first-order chi connectivity index (χ1) is 13.3. The van der Waals surface area contributed by atoms with Crippen molar-refractivity contribution in [3.05, 3.63) is 65.6 Å². The number of fused-ring (bicyclic) bond motifs is 1. The first-order valence-electron chi connectivity index (χ1n) is 8.69. The maximum atomic E-state index is 13.4. The molecule has 150 valence electrons. The van der Waals surface area contributed by atoms with Crippen LogP contribution < -0.4 is 10.1 Å². The van der Waals surface area contributed by atoms with Crippen molar-refractivity contribution in [1.82, 2.24) is 10.3 Å². The molecule has 0 radical (unpaired) electrons. The second kappa shape index (κ2) is 8.60. The zero-order valence-corrected chi connectivity index (χ0v) is 14.8. The maximum absolute atomic E-state index is 13.4. The zero-order chi connectivity index (χ0) is 20.1. The highest BCUT2D eigenvalue weighted by Gasteiger charge is 2.41. The van der Waals surface area contributed by atoms with Gasteiger partial charge in [-0.15, -0.1) is 0 Å². The summed E-state index contributed by atoms with van der Waals surface area (Å²) >= 11 is 0. The molecule has 3 rings (SSSR count). The number of hydrogen-bond donors (Lipinski definition) is 2. The van der Waals surface area contributed by atoms with Crippen molar-refractivity contribution in [2.75, 3.05) is 13.2 Å². The molecule has 0 fully saturated rings. The number of aromatic nitrogens is 1. The molecule has 0 unspecified atom stereocenters. The second-order valence-electron chi connectivity index (χ2n) is 6.43. The Morgan fingerprint density at radius 2 is 1.93 bits per heavy atom. The van der Waals surface area contributed by atoms with Crippen LogP contribution in [0.15, 0.2) is 48.7 Å². The SMILES string of the molecule is Fc1ccc2[nH]cc(CCNCc3cccc(OCC(F)(F)C(F)F)c3)c2c1. The molecule has 0 saturated carbocycles. The van der Waals surface area contributed by atoms with E-state index in [4.69, 9.17) is 4.74 Å². The molecule has 0 aliphatic rings. The summed E-state index contributed by atoms with van der Waals surface area (Å²) in [5.41, 5.74) is 2.61. The lowest BCUT2D eigenvalue weighted by Gasteiger charge is -2.16. The van der Waals surface area contributed by atoms with Crippen LogP contribution in [0.3, 0.4) is 0 Å². The third-order valence-corrected chi connectivity index (χ3v) is 4.28. The van der Waals surface area contributed by atoms with Gasteiger partial charge in [0.2, 0.25) is 0 Å². The Hall–Kier alpha value is -2.61. The standard InChI is InChI=1S/C20H19F5N2O/c21-15-4-5-18-17(9-15)14(11-27-18)6-7-26-10-13-2-1-3-16(8-13)28-12-20(24,25)19(22)23/h1-5,8-9,11,19,26-27H,6-7,10,12H2. The predicted octanol–water partition coefficient (Wildman–Crippen LogP) is 4.92. The highest BCUT2D eigenvalue weighted by Crippen LogP contribution is 2.24. The molecule has 1 aromatic heterocycles. The molecule has 0 spiro atoms. The normalized spacial score (nSPS) is 12.1. The number of hydrogen-bond acceptors (Lipinski definition) is 2. The molecule has 28 heavy (non-hydrogen) atoms. The van der Waals surface area contributed by atoms with Crippen molar-refractivity contribution in [1.29, 1.82) is 0 Å². The number of benzene rings is 2. The molecule has 1 heterocycles. The highest BCUT2D eigenvalue weighted by atomic mass is 19.3. The monoisotopic (exact) mass is 398 g/mol. The molecule has 3 nitrogen and oxygen atoms in total. The van der Waals surface area contributed by atoms with Crippen LogP contribution in [0.5, 0.6) is 5.75 Å². The number of H-pyrrole nitrogens is 1. The van der Waals surface area contributed by atoms with Crippen molar-refractivity contribution in [3.63, 3.8) is 0 Å². The van der Waals surface area contributed by atoms with Crippen LogP contribution in [0.4, 0.5) is 22.0 Å². The van der Waals surface area contributed by atoms with Crippen LogP contribution in [0.1, 0.15) is 11.1 Å². The van der Waals surface area contributed by atoms with Crippen molar-refractivity contribution >= 4 is 10.9 Å². The molecular formula is C20H19F5N2O. The Morgan fingerprint density at radius 1 is 1.11 bits per heavy atom. The van der Waals surface area contributed by atoms with E-state index in [0.29, 0.717) is 19.5 Å². The number of alkyl halides is 4. The van der Waals surface area contributed by atoms with Crippen LogP contribution in [-0.2, 0) is 13.0 Å². The Balaban J connectivity index is 1.50. The number of rotatable bonds is 9. The predicted molar refractivity (Wildman–Crippen MR) is 96.6 cm³/mol. The van der Waals surface area contributed by atoms with Crippen molar-refractivity contribution in [2.24, 2.45) is 0 Å². The smallest absolute Gasteiger partial charge is 0.340 e. The van der Waals surface area contributed by atoms with Crippen molar-refractivity contribution < 1.29 is 26.7 Å². The van der Waals surface area contributed by atoms with Crippen LogP contribution >= 0.6 is 0 Å². The average molecular weight is 398 g/mol. The van der Waals surface area contributed by atoms with Crippen molar-refractivity contribution in [2.45, 2.75) is 25.3 Å². The summed E-state index contributed by atoms with van der Waals surface area (Å²) in [4.78, 5) is 3.09. The molecule has 2 aromatic carbocycles. The van der Waals surface area contributed by atoms with Gasteiger partial charge in [0.05, 0.1) is 0 Å². The minimum Gasteiger partial charge on any atom is -0.487 e. The van der Waals surface area contributed by atoms with Gasteiger partial charge in [0.1, 0.15) is 11.6 Å². The van der Waals surface area contributed by atoms with Gasteiger partial charge in [-0.25, -0.2) is 13.2 Å². The van der Waals surface area contributed by atoms with Crippen LogP contribution in [0.2, 0.25) is 0 Å². The Bertz CT molecular complexity index is 926. The molecule has 0 aliphatic carbocycles. The fraction of sp³-hybridized carbons (Fsp3) is 0.300. The van der Waals surface area contributed by atoms with E-state index in [0.717, 1.165) is 22.0 Å². The van der Waals surface area contributed by atoms with E-state index in [1.54, 1.807) is 18.2 Å². The van der Waals surface area contributed by atoms with Gasteiger partial charge in [-0.2, -0.15) is 8.78 Å². The molecule has 2 N–H and O–H groups in total. The second-order valence-corrected chi connectivity index (χ2v) is 6.43. The van der Waals surface area contributed by atoms with E-state index in [9.17, 15) is 22.0 Å². The van der Waals surface area contributed by atoms with Gasteiger partial charge in [-0.05, 0) is 54.4 Å². The van der Waals surface area contributed by atoms with Gasteiger partial charge in [0, 0.05) is 23.6 Å². The zero-order valence-electron chi connectivity index (χ0n) is 14.8. The summed E-state index contributed by atoms with van der Waals surface area (Å²) in [5.74, 6) is -4.38. The number of halogens is 5. The van der Waals surface area contributed by atoms with Gasteiger partial charge < -0.3 is 15.0 Å². The van der Waals surface area contributed by atoms with Gasteiger partial charge >= 0.3 is 12.3 Å². The maximum Gasteiger partial charge on any atom is 0.340 e.